The zero-order valence-corrected chi connectivity index (χ0v) is 13.2. The first-order chi connectivity index (χ1) is 8.92. The second-order valence-electron chi connectivity index (χ2n) is 5.57. The average Bonchev–Trinajstić information content (AvgIpc) is 2.36. The van der Waals surface area contributed by atoms with Gasteiger partial charge >= 0.3 is 5.97 Å². The molecule has 0 aromatic heterocycles. The van der Waals surface area contributed by atoms with Crippen molar-refractivity contribution in [2.24, 2.45) is 0 Å². The molecule has 1 unspecified atom stereocenters. The molecule has 1 aromatic carbocycles. The molecule has 3 heteroatoms. The molecule has 0 saturated heterocycles. The maximum atomic E-state index is 12.0. The first kappa shape index (κ1) is 15.5. The minimum absolute atomic E-state index is 0.288. The molecule has 0 fully saturated rings. The summed E-state index contributed by atoms with van der Waals surface area (Å²) in [6.07, 6.45) is 1.45. The summed E-state index contributed by atoms with van der Waals surface area (Å²) >= 11 is 0. The third-order valence-corrected chi connectivity index (χ3v) is 3.31. The molecule has 0 bridgehead atoms. The molecule has 0 aliphatic carbocycles. The summed E-state index contributed by atoms with van der Waals surface area (Å²) in [5.41, 5.74) is 3.86. The number of ether oxygens (including phenoxy) is 1. The first-order valence-corrected chi connectivity index (χ1v) is 10.2. The summed E-state index contributed by atoms with van der Waals surface area (Å²) < 4.78 is 5.48. The minimum Gasteiger partial charge on any atom is -0.446 e. The average molecular weight is 274 g/mol. The maximum absolute atomic E-state index is 12.0. The quantitative estimate of drug-likeness (QED) is 0.473. The number of hydrogen-bond donors (Lipinski definition) is 0. The molecule has 102 valence electrons. The van der Waals surface area contributed by atoms with E-state index in [9.17, 15) is 4.79 Å². The van der Waals surface area contributed by atoms with E-state index < -0.39 is 8.07 Å². The lowest BCUT2D eigenvalue weighted by Gasteiger charge is -2.13. The lowest BCUT2D eigenvalue weighted by molar-refractivity contribution is 0.0396. The van der Waals surface area contributed by atoms with Gasteiger partial charge in [-0.05, 0) is 18.6 Å². The van der Waals surface area contributed by atoms with Crippen molar-refractivity contribution in [3.8, 4) is 11.5 Å². The third-order valence-electron chi connectivity index (χ3n) is 2.42. The summed E-state index contributed by atoms with van der Waals surface area (Å²) in [5, 5.41) is 0. The Morgan fingerprint density at radius 1 is 1.26 bits per heavy atom. The van der Waals surface area contributed by atoms with Gasteiger partial charge in [0.15, 0.2) is 6.10 Å². The van der Waals surface area contributed by atoms with Crippen molar-refractivity contribution >= 4 is 14.0 Å². The monoisotopic (exact) mass is 274 g/mol. The van der Waals surface area contributed by atoms with E-state index in [1.807, 2.05) is 18.2 Å². The summed E-state index contributed by atoms with van der Waals surface area (Å²) in [7, 11) is -1.43. The highest BCUT2D eigenvalue weighted by molar-refractivity contribution is 6.83. The van der Waals surface area contributed by atoms with Gasteiger partial charge < -0.3 is 4.74 Å². The lowest BCUT2D eigenvalue weighted by atomic mass is 10.2. The van der Waals surface area contributed by atoms with Crippen LogP contribution in [0.2, 0.25) is 19.6 Å². The summed E-state index contributed by atoms with van der Waals surface area (Å²) in [6, 6.07) is 9.07. The number of benzene rings is 1. The van der Waals surface area contributed by atoms with Gasteiger partial charge in [0.05, 0.1) is 5.56 Å². The molecule has 2 nitrogen and oxygen atoms in total. The molecule has 1 rings (SSSR count). The first-order valence-electron chi connectivity index (χ1n) is 6.71. The van der Waals surface area contributed by atoms with Gasteiger partial charge in [0.1, 0.15) is 8.07 Å². The van der Waals surface area contributed by atoms with Crippen LogP contribution in [0.15, 0.2) is 30.3 Å². The lowest BCUT2D eigenvalue weighted by Crippen LogP contribution is -2.20. The second-order valence-corrected chi connectivity index (χ2v) is 10.3. The van der Waals surface area contributed by atoms with Gasteiger partial charge in [0.2, 0.25) is 0 Å². The molecule has 0 radical (unpaired) electrons. The van der Waals surface area contributed by atoms with Crippen molar-refractivity contribution in [1.29, 1.82) is 0 Å². The van der Waals surface area contributed by atoms with E-state index in [0.29, 0.717) is 5.56 Å². The van der Waals surface area contributed by atoms with Crippen LogP contribution in [0, 0.1) is 11.5 Å². The molecule has 0 amide bonds. The fraction of sp³-hybridized carbons (Fsp3) is 0.438. The second kappa shape index (κ2) is 7.15. The molecule has 0 heterocycles. The topological polar surface area (TPSA) is 26.3 Å². The number of carbonyl (C=O) groups excluding carboxylic acids is 1. The van der Waals surface area contributed by atoms with Crippen LogP contribution in [0.5, 0.6) is 0 Å². The highest BCUT2D eigenvalue weighted by atomic mass is 28.3. The van der Waals surface area contributed by atoms with Gasteiger partial charge in [-0.2, -0.15) is 0 Å². The Kier molecular flexibility index (Phi) is 5.84. The van der Waals surface area contributed by atoms with Gasteiger partial charge in [-0.3, -0.25) is 0 Å². The van der Waals surface area contributed by atoms with Crippen molar-refractivity contribution in [1.82, 2.24) is 0 Å². The molecule has 0 aliphatic heterocycles. The van der Waals surface area contributed by atoms with Crippen LogP contribution in [-0.2, 0) is 4.74 Å². The highest BCUT2D eigenvalue weighted by Crippen LogP contribution is 2.08. The predicted molar refractivity (Wildman–Crippen MR) is 81.7 cm³/mol. The molecule has 0 aliphatic rings. The van der Waals surface area contributed by atoms with Crippen LogP contribution in [0.25, 0.3) is 0 Å². The number of hydrogen-bond acceptors (Lipinski definition) is 2. The van der Waals surface area contributed by atoms with Crippen molar-refractivity contribution in [3.05, 3.63) is 35.9 Å². The van der Waals surface area contributed by atoms with Crippen LogP contribution in [0.3, 0.4) is 0 Å². The maximum Gasteiger partial charge on any atom is 0.339 e. The van der Waals surface area contributed by atoms with Gasteiger partial charge in [-0.15, -0.1) is 5.54 Å². The van der Waals surface area contributed by atoms with Crippen LogP contribution in [0.4, 0.5) is 0 Å². The molecular formula is C16H22O2Si. The fourth-order valence-electron chi connectivity index (χ4n) is 1.49. The van der Waals surface area contributed by atoms with Gasteiger partial charge in [-0.1, -0.05) is 57.1 Å². The molecular weight excluding hydrogens is 252 g/mol. The zero-order chi connectivity index (χ0) is 14.3. The number of esters is 1. The Balaban J connectivity index is 2.73. The van der Waals surface area contributed by atoms with Gasteiger partial charge in [0, 0.05) is 0 Å². The molecule has 1 atom stereocenters. The van der Waals surface area contributed by atoms with E-state index >= 15 is 0 Å². The van der Waals surface area contributed by atoms with Gasteiger partial charge in [0.25, 0.3) is 0 Å². The van der Waals surface area contributed by atoms with E-state index in [0.717, 1.165) is 12.8 Å². The predicted octanol–water partition coefficient (Wildman–Crippen LogP) is 3.89. The Bertz CT molecular complexity index is 463. The Hall–Kier alpha value is -1.53. The van der Waals surface area contributed by atoms with E-state index in [1.165, 1.54) is 0 Å². The van der Waals surface area contributed by atoms with Gasteiger partial charge in [-0.25, -0.2) is 4.79 Å². The Labute approximate surface area is 117 Å². The molecule has 0 spiro atoms. The minimum atomic E-state index is -1.43. The Morgan fingerprint density at radius 3 is 2.42 bits per heavy atom. The number of carbonyl (C=O) groups is 1. The normalized spacial score (nSPS) is 12.2. The van der Waals surface area contributed by atoms with Crippen LogP contribution >= 0.6 is 0 Å². The zero-order valence-electron chi connectivity index (χ0n) is 12.2. The smallest absolute Gasteiger partial charge is 0.339 e. The van der Waals surface area contributed by atoms with Crippen molar-refractivity contribution < 1.29 is 9.53 Å². The van der Waals surface area contributed by atoms with Crippen molar-refractivity contribution in [2.45, 2.75) is 45.5 Å². The van der Waals surface area contributed by atoms with Crippen molar-refractivity contribution in [2.75, 3.05) is 0 Å². The summed E-state index contributed by atoms with van der Waals surface area (Å²) in [4.78, 5) is 12.0. The van der Waals surface area contributed by atoms with Crippen molar-refractivity contribution in [3.63, 3.8) is 0 Å². The van der Waals surface area contributed by atoms with Crippen LogP contribution < -0.4 is 0 Å². The SMILES string of the molecule is CCCC(C#C[Si](C)(C)C)OC(=O)c1ccccc1. The van der Waals surface area contributed by atoms with Crippen LogP contribution in [0.1, 0.15) is 30.1 Å². The Morgan fingerprint density at radius 2 is 1.89 bits per heavy atom. The molecule has 19 heavy (non-hydrogen) atoms. The fourth-order valence-corrected chi connectivity index (χ4v) is 2.09. The van der Waals surface area contributed by atoms with E-state index in [-0.39, 0.29) is 12.1 Å². The van der Waals surface area contributed by atoms with E-state index in [4.69, 9.17) is 4.74 Å². The van der Waals surface area contributed by atoms with E-state index in [1.54, 1.807) is 12.1 Å². The largest absolute Gasteiger partial charge is 0.446 e. The molecule has 0 N–H and O–H groups in total. The molecule has 0 saturated carbocycles. The third kappa shape index (κ3) is 6.26. The van der Waals surface area contributed by atoms with E-state index in [2.05, 4.69) is 38.0 Å². The highest BCUT2D eigenvalue weighted by Gasteiger charge is 2.14. The summed E-state index contributed by atoms with van der Waals surface area (Å²) in [5.74, 6) is 2.84. The standard InChI is InChI=1S/C16H22O2Si/c1-5-9-15(12-13-19(2,3)4)18-16(17)14-10-7-6-8-11-14/h6-8,10-11,15H,5,9H2,1-4H3. The molecule has 1 aromatic rings. The van der Waals surface area contributed by atoms with Crippen LogP contribution in [-0.4, -0.2) is 20.1 Å². The number of rotatable bonds is 4. The summed E-state index contributed by atoms with van der Waals surface area (Å²) in [6.45, 7) is 8.62.